The van der Waals surface area contributed by atoms with Gasteiger partial charge in [0.05, 0.1) is 6.04 Å². The number of nitrogens with one attached hydrogen (secondary N) is 1. The Bertz CT molecular complexity index is 528. The van der Waals surface area contributed by atoms with Gasteiger partial charge in [0, 0.05) is 18.0 Å². The van der Waals surface area contributed by atoms with E-state index in [0.29, 0.717) is 5.82 Å². The molecule has 1 unspecified atom stereocenters. The number of carbonyl (C=O) groups excluding carboxylic acids is 1. The summed E-state index contributed by atoms with van der Waals surface area (Å²) in [4.78, 5) is 15.0. The van der Waals surface area contributed by atoms with Gasteiger partial charge in [-0.05, 0) is 38.1 Å². The highest BCUT2D eigenvalue weighted by Crippen LogP contribution is 2.32. The molecule has 0 radical (unpaired) electrons. The lowest BCUT2D eigenvalue weighted by molar-refractivity contribution is -0.122. The van der Waals surface area contributed by atoms with Crippen molar-refractivity contribution in [2.45, 2.75) is 64.3 Å². The Morgan fingerprint density at radius 3 is 2.77 bits per heavy atom. The van der Waals surface area contributed by atoms with Crippen LogP contribution in [-0.4, -0.2) is 35.1 Å². The Morgan fingerprint density at radius 2 is 2.14 bits per heavy atom. The lowest BCUT2D eigenvalue weighted by Crippen LogP contribution is -2.47. The average Bonchev–Trinajstić information content (AvgIpc) is 3.13. The topological polar surface area (TPSA) is 58.4 Å². The maximum Gasteiger partial charge on any atom is 0.242 e. The Morgan fingerprint density at radius 1 is 1.36 bits per heavy atom. The van der Waals surface area contributed by atoms with Gasteiger partial charge in [0.15, 0.2) is 5.82 Å². The van der Waals surface area contributed by atoms with E-state index in [9.17, 15) is 4.79 Å². The monoisotopic (exact) mass is 305 g/mol. The molecule has 3 rings (SSSR count). The number of amides is 1. The van der Waals surface area contributed by atoms with Crippen LogP contribution in [0.2, 0.25) is 0 Å². The van der Waals surface area contributed by atoms with Crippen molar-refractivity contribution in [1.82, 2.24) is 10.1 Å². The van der Waals surface area contributed by atoms with E-state index in [0.717, 1.165) is 37.6 Å². The third-order valence-corrected chi connectivity index (χ3v) is 4.61. The fraction of sp³-hybridized carbons (Fsp3) is 0.765. The van der Waals surface area contributed by atoms with Crippen molar-refractivity contribution in [2.75, 3.05) is 18.4 Å². The third-order valence-electron chi connectivity index (χ3n) is 4.61. The molecule has 122 valence electrons. The van der Waals surface area contributed by atoms with Gasteiger partial charge in [-0.3, -0.25) is 9.69 Å². The standard InChI is InChI=1S/C17H27N3O2/c1-17(2,3)14-10-15(19-22-14)18-16(21)13-6-4-5-9-20(13)11-12-7-8-12/h10,12-13H,4-9,11H2,1-3H3,(H,18,19,21). The molecule has 22 heavy (non-hydrogen) atoms. The van der Waals surface area contributed by atoms with Gasteiger partial charge in [-0.2, -0.15) is 0 Å². The second-order valence-corrected chi connectivity index (χ2v) is 7.77. The minimum atomic E-state index is -0.0984. The second-order valence-electron chi connectivity index (χ2n) is 7.77. The summed E-state index contributed by atoms with van der Waals surface area (Å²) < 4.78 is 5.34. The van der Waals surface area contributed by atoms with Gasteiger partial charge in [0.25, 0.3) is 0 Å². The van der Waals surface area contributed by atoms with E-state index in [4.69, 9.17) is 4.52 Å². The molecule has 2 fully saturated rings. The Kier molecular flexibility index (Phi) is 4.26. The van der Waals surface area contributed by atoms with Crippen LogP contribution in [0.1, 0.15) is 58.6 Å². The van der Waals surface area contributed by atoms with Gasteiger partial charge in [0.1, 0.15) is 5.76 Å². The van der Waals surface area contributed by atoms with Crippen molar-refractivity contribution in [3.63, 3.8) is 0 Å². The second kappa shape index (κ2) is 6.03. The molecular weight excluding hydrogens is 278 g/mol. The number of likely N-dealkylation sites (tertiary alicyclic amines) is 1. The number of hydrogen-bond donors (Lipinski definition) is 1. The Labute approximate surface area is 132 Å². The van der Waals surface area contributed by atoms with E-state index >= 15 is 0 Å². The molecule has 1 aliphatic heterocycles. The number of aromatic nitrogens is 1. The smallest absolute Gasteiger partial charge is 0.242 e. The lowest BCUT2D eigenvalue weighted by atomic mass is 9.93. The molecule has 0 bridgehead atoms. The first-order valence-electron chi connectivity index (χ1n) is 8.45. The van der Waals surface area contributed by atoms with Crippen LogP contribution in [0.15, 0.2) is 10.6 Å². The molecule has 0 aromatic carbocycles. The number of carbonyl (C=O) groups is 1. The van der Waals surface area contributed by atoms with E-state index < -0.39 is 0 Å². The van der Waals surface area contributed by atoms with Gasteiger partial charge in [0.2, 0.25) is 5.91 Å². The first-order valence-corrected chi connectivity index (χ1v) is 8.45. The van der Waals surface area contributed by atoms with Gasteiger partial charge < -0.3 is 9.84 Å². The first-order chi connectivity index (χ1) is 10.4. The van der Waals surface area contributed by atoms with Gasteiger partial charge >= 0.3 is 0 Å². The largest absolute Gasteiger partial charge is 0.359 e. The summed E-state index contributed by atoms with van der Waals surface area (Å²) >= 11 is 0. The molecular formula is C17H27N3O2. The summed E-state index contributed by atoms with van der Waals surface area (Å²) in [5.74, 6) is 2.20. The van der Waals surface area contributed by atoms with Crippen molar-refractivity contribution in [3.8, 4) is 0 Å². The lowest BCUT2D eigenvalue weighted by Gasteiger charge is -2.34. The van der Waals surface area contributed by atoms with Gasteiger partial charge in [-0.15, -0.1) is 0 Å². The molecule has 0 spiro atoms. The molecule has 1 aromatic heterocycles. The molecule has 1 aliphatic carbocycles. The summed E-state index contributed by atoms with van der Waals surface area (Å²) in [5, 5.41) is 6.93. The van der Waals surface area contributed by atoms with E-state index in [2.05, 4.69) is 36.1 Å². The molecule has 1 saturated heterocycles. The van der Waals surface area contributed by atoms with Crippen LogP contribution in [-0.2, 0) is 10.2 Å². The zero-order chi connectivity index (χ0) is 15.7. The van der Waals surface area contributed by atoms with Crippen LogP contribution < -0.4 is 5.32 Å². The van der Waals surface area contributed by atoms with Crippen LogP contribution in [0, 0.1) is 5.92 Å². The summed E-state index contributed by atoms with van der Waals surface area (Å²) in [6.07, 6.45) is 5.93. The van der Waals surface area contributed by atoms with Crippen LogP contribution in [0.5, 0.6) is 0 Å². The molecule has 1 aromatic rings. The van der Waals surface area contributed by atoms with E-state index in [1.54, 1.807) is 0 Å². The van der Waals surface area contributed by atoms with E-state index in [1.165, 1.54) is 19.3 Å². The maximum atomic E-state index is 12.6. The molecule has 1 amide bonds. The van der Waals surface area contributed by atoms with Crippen molar-refractivity contribution < 1.29 is 9.32 Å². The molecule has 1 atom stereocenters. The highest BCUT2D eigenvalue weighted by Gasteiger charge is 2.33. The van der Waals surface area contributed by atoms with Crippen molar-refractivity contribution >= 4 is 11.7 Å². The first kappa shape index (κ1) is 15.5. The minimum absolute atomic E-state index is 0.0101. The number of anilines is 1. The van der Waals surface area contributed by atoms with Crippen LogP contribution in [0.3, 0.4) is 0 Å². The maximum absolute atomic E-state index is 12.6. The molecule has 1 saturated carbocycles. The number of hydrogen-bond acceptors (Lipinski definition) is 4. The number of nitrogens with zero attached hydrogens (tertiary/aromatic N) is 2. The van der Waals surface area contributed by atoms with E-state index in [-0.39, 0.29) is 17.4 Å². The van der Waals surface area contributed by atoms with Crippen molar-refractivity contribution in [2.24, 2.45) is 5.92 Å². The predicted octanol–water partition coefficient (Wildman–Crippen LogP) is 3.18. The highest BCUT2D eigenvalue weighted by atomic mass is 16.5. The predicted molar refractivity (Wildman–Crippen MR) is 85.8 cm³/mol. The quantitative estimate of drug-likeness (QED) is 0.928. The van der Waals surface area contributed by atoms with Crippen LogP contribution in [0.4, 0.5) is 5.82 Å². The van der Waals surface area contributed by atoms with E-state index in [1.807, 2.05) is 6.07 Å². The summed E-state index contributed by atoms with van der Waals surface area (Å²) in [5.41, 5.74) is -0.0984. The molecule has 5 nitrogen and oxygen atoms in total. The van der Waals surface area contributed by atoms with Gasteiger partial charge in [-0.25, -0.2) is 0 Å². The highest BCUT2D eigenvalue weighted by molar-refractivity contribution is 5.94. The SMILES string of the molecule is CC(C)(C)c1cc(NC(=O)C2CCCCN2CC2CC2)no1. The number of piperidine rings is 1. The summed E-state index contributed by atoms with van der Waals surface area (Å²) in [6, 6.07) is 1.83. The average molecular weight is 305 g/mol. The summed E-state index contributed by atoms with van der Waals surface area (Å²) in [7, 11) is 0. The van der Waals surface area contributed by atoms with Crippen molar-refractivity contribution in [3.05, 3.63) is 11.8 Å². The van der Waals surface area contributed by atoms with Crippen LogP contribution >= 0.6 is 0 Å². The van der Waals surface area contributed by atoms with Crippen LogP contribution in [0.25, 0.3) is 0 Å². The van der Waals surface area contributed by atoms with Crippen molar-refractivity contribution in [1.29, 1.82) is 0 Å². The molecule has 2 aliphatic rings. The molecule has 1 N–H and O–H groups in total. The zero-order valence-corrected chi connectivity index (χ0v) is 13.9. The fourth-order valence-electron chi connectivity index (χ4n) is 3.04. The minimum Gasteiger partial charge on any atom is -0.359 e. The zero-order valence-electron chi connectivity index (χ0n) is 13.9. The van der Waals surface area contributed by atoms with Gasteiger partial charge in [-0.1, -0.05) is 32.3 Å². The number of rotatable bonds is 4. The third kappa shape index (κ3) is 3.69. The molecule has 5 heteroatoms. The normalized spacial score (nSPS) is 23.5. The molecule has 2 heterocycles. The summed E-state index contributed by atoms with van der Waals surface area (Å²) in [6.45, 7) is 8.32. The Hall–Kier alpha value is -1.36. The Balaban J connectivity index is 1.63. The fourth-order valence-corrected chi connectivity index (χ4v) is 3.04.